The molecule has 1 N–H and O–H groups in total. The van der Waals surface area contributed by atoms with Crippen LogP contribution in [0.25, 0.3) is 0 Å². The van der Waals surface area contributed by atoms with E-state index in [2.05, 4.69) is 32.5 Å². The first-order valence-electron chi connectivity index (χ1n) is 9.89. The third kappa shape index (κ3) is 6.04. The normalized spacial score (nSPS) is 16.3. The molecule has 28 heavy (non-hydrogen) atoms. The van der Waals surface area contributed by atoms with E-state index in [1.807, 2.05) is 32.9 Å². The zero-order chi connectivity index (χ0) is 20.1. The lowest BCUT2D eigenvalue weighted by molar-refractivity contribution is -0.122. The van der Waals surface area contributed by atoms with Crippen molar-refractivity contribution in [1.82, 2.24) is 20.4 Å². The quantitative estimate of drug-likeness (QED) is 0.794. The number of nitrogens with one attached hydrogen (secondary N) is 1. The van der Waals surface area contributed by atoms with Gasteiger partial charge in [-0.25, -0.2) is 0 Å². The number of rotatable bonds is 6. The van der Waals surface area contributed by atoms with Gasteiger partial charge in [-0.3, -0.25) is 9.69 Å². The largest absolute Gasteiger partial charge is 0.353 e. The van der Waals surface area contributed by atoms with Gasteiger partial charge in [-0.1, -0.05) is 49.7 Å². The van der Waals surface area contributed by atoms with Crippen molar-refractivity contribution in [1.29, 1.82) is 0 Å². The van der Waals surface area contributed by atoms with Gasteiger partial charge < -0.3 is 9.84 Å². The molecule has 1 aromatic carbocycles. The first-order chi connectivity index (χ1) is 13.3. The molecule has 1 saturated heterocycles. The Morgan fingerprint density at radius 3 is 2.54 bits per heavy atom. The summed E-state index contributed by atoms with van der Waals surface area (Å²) in [5.41, 5.74) is 1.12. The standard InChI is InChI=1S/C21H29ClN4O2/c1-21(2,3)20-24-19(28-25-20)9-8-18(27)23-17-10-12-26(13-11-17)14-15-4-6-16(22)7-5-15/h4-7,17H,8-14H2,1-3H3,(H,23,27). The minimum absolute atomic E-state index is 0.0478. The second-order valence-electron chi connectivity index (χ2n) is 8.51. The first kappa shape index (κ1) is 20.8. The SMILES string of the molecule is CC(C)(C)c1noc(CCC(=O)NC2CCN(Cc3ccc(Cl)cc3)CC2)n1. The van der Waals surface area contributed by atoms with Crippen LogP contribution in [0.15, 0.2) is 28.8 Å². The van der Waals surface area contributed by atoms with Gasteiger partial charge in [0.25, 0.3) is 0 Å². The van der Waals surface area contributed by atoms with Crippen molar-refractivity contribution in [2.45, 2.75) is 64.5 Å². The van der Waals surface area contributed by atoms with Crippen LogP contribution in [0.5, 0.6) is 0 Å². The number of aryl methyl sites for hydroxylation is 1. The molecule has 1 aliphatic rings. The maximum absolute atomic E-state index is 12.3. The smallest absolute Gasteiger partial charge is 0.227 e. The summed E-state index contributed by atoms with van der Waals surface area (Å²) >= 11 is 5.94. The molecule has 1 aromatic heterocycles. The van der Waals surface area contributed by atoms with E-state index in [0.29, 0.717) is 24.6 Å². The van der Waals surface area contributed by atoms with Gasteiger partial charge >= 0.3 is 0 Å². The molecule has 2 heterocycles. The van der Waals surface area contributed by atoms with Crippen LogP contribution in [0, 0.1) is 0 Å². The third-order valence-electron chi connectivity index (χ3n) is 4.98. The number of carbonyl (C=O) groups excluding carboxylic acids is 1. The highest BCUT2D eigenvalue weighted by molar-refractivity contribution is 6.30. The molecule has 0 aliphatic carbocycles. The molecular weight excluding hydrogens is 376 g/mol. The lowest BCUT2D eigenvalue weighted by Gasteiger charge is -2.32. The van der Waals surface area contributed by atoms with E-state index in [1.54, 1.807) is 0 Å². The molecule has 7 heteroatoms. The number of aromatic nitrogens is 2. The Bertz CT molecular complexity index is 774. The Morgan fingerprint density at radius 1 is 1.25 bits per heavy atom. The van der Waals surface area contributed by atoms with E-state index < -0.39 is 0 Å². The average molecular weight is 405 g/mol. The number of piperidine rings is 1. The molecule has 0 radical (unpaired) electrons. The van der Waals surface area contributed by atoms with Gasteiger partial charge in [-0.15, -0.1) is 0 Å². The van der Waals surface area contributed by atoms with Gasteiger partial charge in [0.1, 0.15) is 0 Å². The van der Waals surface area contributed by atoms with Crippen LogP contribution in [0.4, 0.5) is 0 Å². The molecule has 0 atom stereocenters. The fourth-order valence-electron chi connectivity index (χ4n) is 3.26. The van der Waals surface area contributed by atoms with E-state index in [1.165, 1.54) is 5.56 Å². The molecule has 1 aliphatic heterocycles. The fraction of sp³-hybridized carbons (Fsp3) is 0.571. The third-order valence-corrected chi connectivity index (χ3v) is 5.23. The van der Waals surface area contributed by atoms with Crippen LogP contribution in [-0.4, -0.2) is 40.1 Å². The van der Waals surface area contributed by atoms with E-state index in [9.17, 15) is 4.79 Å². The lowest BCUT2D eigenvalue weighted by Crippen LogP contribution is -2.44. The summed E-state index contributed by atoms with van der Waals surface area (Å²) in [7, 11) is 0. The molecule has 0 saturated carbocycles. The average Bonchev–Trinajstić information content (AvgIpc) is 3.13. The van der Waals surface area contributed by atoms with Crippen LogP contribution in [-0.2, 0) is 23.2 Å². The lowest BCUT2D eigenvalue weighted by atomic mass is 9.96. The molecular formula is C21H29ClN4O2. The molecule has 2 aromatic rings. The zero-order valence-corrected chi connectivity index (χ0v) is 17.6. The summed E-state index contributed by atoms with van der Waals surface area (Å²) in [6.45, 7) is 8.98. The Kier molecular flexibility index (Phi) is 6.73. The summed E-state index contributed by atoms with van der Waals surface area (Å²) in [5, 5.41) is 7.91. The summed E-state index contributed by atoms with van der Waals surface area (Å²) < 4.78 is 5.25. The van der Waals surface area contributed by atoms with Gasteiger partial charge in [0, 0.05) is 49.0 Å². The maximum Gasteiger partial charge on any atom is 0.227 e. The van der Waals surface area contributed by atoms with Crippen LogP contribution in [0.3, 0.4) is 0 Å². The van der Waals surface area contributed by atoms with Crippen molar-refractivity contribution in [2.24, 2.45) is 0 Å². The van der Waals surface area contributed by atoms with Crippen molar-refractivity contribution in [3.8, 4) is 0 Å². The molecule has 1 amide bonds. The molecule has 152 valence electrons. The van der Waals surface area contributed by atoms with Crippen LogP contribution < -0.4 is 5.32 Å². The number of nitrogens with zero attached hydrogens (tertiary/aromatic N) is 3. The number of halogens is 1. The van der Waals surface area contributed by atoms with Crippen LogP contribution in [0.2, 0.25) is 5.02 Å². The molecule has 0 spiro atoms. The monoisotopic (exact) mass is 404 g/mol. The van der Waals surface area contributed by atoms with Gasteiger partial charge in [0.15, 0.2) is 5.82 Å². The Labute approximate surface area is 171 Å². The Hall–Kier alpha value is -1.92. The van der Waals surface area contributed by atoms with Crippen molar-refractivity contribution in [3.05, 3.63) is 46.6 Å². The first-order valence-corrected chi connectivity index (χ1v) is 10.3. The fourth-order valence-corrected chi connectivity index (χ4v) is 3.39. The minimum atomic E-state index is -0.149. The molecule has 6 nitrogen and oxygen atoms in total. The molecule has 1 fully saturated rings. The summed E-state index contributed by atoms with van der Waals surface area (Å²) in [6, 6.07) is 8.23. The highest BCUT2D eigenvalue weighted by Crippen LogP contribution is 2.19. The summed E-state index contributed by atoms with van der Waals surface area (Å²) in [6.07, 6.45) is 2.78. The predicted octanol–water partition coefficient (Wildman–Crippen LogP) is 3.73. The van der Waals surface area contributed by atoms with Crippen molar-refractivity contribution < 1.29 is 9.32 Å². The summed E-state index contributed by atoms with van der Waals surface area (Å²) in [4.78, 5) is 19.1. The minimum Gasteiger partial charge on any atom is -0.353 e. The number of amides is 1. The van der Waals surface area contributed by atoms with Crippen molar-refractivity contribution in [3.63, 3.8) is 0 Å². The number of likely N-dealkylation sites (tertiary alicyclic amines) is 1. The highest BCUT2D eigenvalue weighted by Gasteiger charge is 2.23. The van der Waals surface area contributed by atoms with Gasteiger partial charge in [0.05, 0.1) is 0 Å². The van der Waals surface area contributed by atoms with Gasteiger partial charge in [-0.05, 0) is 30.5 Å². The number of hydrogen-bond donors (Lipinski definition) is 1. The van der Waals surface area contributed by atoms with E-state index in [0.717, 1.165) is 37.5 Å². The van der Waals surface area contributed by atoms with Crippen molar-refractivity contribution >= 4 is 17.5 Å². The van der Waals surface area contributed by atoms with Crippen LogP contribution >= 0.6 is 11.6 Å². The van der Waals surface area contributed by atoms with Gasteiger partial charge in [-0.2, -0.15) is 4.98 Å². The molecule has 3 rings (SSSR count). The maximum atomic E-state index is 12.3. The molecule has 0 bridgehead atoms. The summed E-state index contributed by atoms with van der Waals surface area (Å²) in [5.74, 6) is 1.25. The highest BCUT2D eigenvalue weighted by atomic mass is 35.5. The Morgan fingerprint density at radius 2 is 1.93 bits per heavy atom. The van der Waals surface area contributed by atoms with E-state index in [-0.39, 0.29) is 17.4 Å². The topological polar surface area (TPSA) is 71.3 Å². The molecule has 0 unspecified atom stereocenters. The van der Waals surface area contributed by atoms with Crippen molar-refractivity contribution in [2.75, 3.05) is 13.1 Å². The predicted molar refractivity (Wildman–Crippen MR) is 109 cm³/mol. The second kappa shape index (κ2) is 9.05. The number of hydrogen-bond acceptors (Lipinski definition) is 5. The zero-order valence-electron chi connectivity index (χ0n) is 16.9. The van der Waals surface area contributed by atoms with E-state index in [4.69, 9.17) is 16.1 Å². The van der Waals surface area contributed by atoms with Crippen LogP contribution in [0.1, 0.15) is 57.3 Å². The number of carbonyl (C=O) groups is 1. The second-order valence-corrected chi connectivity index (χ2v) is 8.94. The Balaban J connectivity index is 1.37. The van der Waals surface area contributed by atoms with E-state index >= 15 is 0 Å². The van der Waals surface area contributed by atoms with Gasteiger partial charge in [0.2, 0.25) is 11.8 Å². The number of benzene rings is 1.